The van der Waals surface area contributed by atoms with Crippen molar-refractivity contribution in [1.82, 2.24) is 0 Å². The zero-order chi connectivity index (χ0) is 9.35. The summed E-state index contributed by atoms with van der Waals surface area (Å²) in [6, 6.07) is 4.09. The van der Waals surface area contributed by atoms with Gasteiger partial charge >= 0.3 is 7.60 Å². The molecule has 6 heteroatoms. The number of benzene rings is 1. The third kappa shape index (κ3) is 2.20. The third-order valence-corrected chi connectivity index (χ3v) is 2.91. The summed E-state index contributed by atoms with van der Waals surface area (Å²) in [5.41, 5.74) is 0. The number of hydrogen-bond donors (Lipinski definition) is 3. The SMILES string of the molecule is O=P(O)(O)c1cc(I)ccc1O. The lowest BCUT2D eigenvalue weighted by atomic mass is 10.3. The Balaban J connectivity index is 3.33. The molecule has 3 N–H and O–H groups in total. The molecule has 0 unspecified atom stereocenters. The van der Waals surface area contributed by atoms with E-state index < -0.39 is 7.60 Å². The Hall–Kier alpha value is -0.100. The maximum atomic E-state index is 10.7. The average Bonchev–Trinajstić information content (AvgIpc) is 1.92. The van der Waals surface area contributed by atoms with Gasteiger partial charge in [0, 0.05) is 3.57 Å². The molecule has 12 heavy (non-hydrogen) atoms. The molecule has 0 aliphatic rings. The fourth-order valence-corrected chi connectivity index (χ4v) is 2.15. The normalized spacial score (nSPS) is 11.6. The van der Waals surface area contributed by atoms with Crippen molar-refractivity contribution in [3.05, 3.63) is 21.8 Å². The molecular formula is C6H6IO4P. The Morgan fingerprint density at radius 3 is 2.33 bits per heavy atom. The van der Waals surface area contributed by atoms with Gasteiger partial charge in [0.05, 0.1) is 0 Å². The van der Waals surface area contributed by atoms with Crippen LogP contribution in [0.1, 0.15) is 0 Å². The molecule has 0 atom stereocenters. The molecule has 0 spiro atoms. The van der Waals surface area contributed by atoms with Gasteiger partial charge in [-0.2, -0.15) is 0 Å². The number of halogens is 1. The molecule has 0 aromatic heterocycles. The maximum Gasteiger partial charge on any atom is 0.359 e. The van der Waals surface area contributed by atoms with Gasteiger partial charge in [-0.15, -0.1) is 0 Å². The Labute approximate surface area is 82.5 Å². The van der Waals surface area contributed by atoms with E-state index in [2.05, 4.69) is 0 Å². The van der Waals surface area contributed by atoms with E-state index in [0.29, 0.717) is 3.57 Å². The minimum Gasteiger partial charge on any atom is -0.507 e. The van der Waals surface area contributed by atoms with Crippen molar-refractivity contribution in [3.8, 4) is 5.75 Å². The number of phenols is 1. The molecular weight excluding hydrogens is 294 g/mol. The van der Waals surface area contributed by atoms with Crippen molar-refractivity contribution in [2.75, 3.05) is 0 Å². The average molecular weight is 300 g/mol. The van der Waals surface area contributed by atoms with E-state index in [0.717, 1.165) is 0 Å². The third-order valence-electron chi connectivity index (χ3n) is 1.25. The molecule has 0 saturated carbocycles. The summed E-state index contributed by atoms with van der Waals surface area (Å²) < 4.78 is 11.4. The largest absolute Gasteiger partial charge is 0.507 e. The molecule has 0 fully saturated rings. The molecule has 0 aliphatic heterocycles. The zero-order valence-electron chi connectivity index (χ0n) is 5.81. The van der Waals surface area contributed by atoms with Gasteiger partial charge in [-0.1, -0.05) is 0 Å². The zero-order valence-corrected chi connectivity index (χ0v) is 8.86. The van der Waals surface area contributed by atoms with E-state index >= 15 is 0 Å². The van der Waals surface area contributed by atoms with Crippen LogP contribution in [0.25, 0.3) is 0 Å². The van der Waals surface area contributed by atoms with Crippen molar-refractivity contribution in [2.24, 2.45) is 0 Å². The van der Waals surface area contributed by atoms with Crippen LogP contribution in [0.3, 0.4) is 0 Å². The van der Waals surface area contributed by atoms with Gasteiger partial charge in [0.1, 0.15) is 11.1 Å². The fraction of sp³-hybridized carbons (Fsp3) is 0. The highest BCUT2D eigenvalue weighted by molar-refractivity contribution is 14.1. The molecule has 0 heterocycles. The summed E-state index contributed by atoms with van der Waals surface area (Å²) >= 11 is 1.91. The number of phenolic OH excluding ortho intramolecular Hbond substituents is 1. The highest BCUT2D eigenvalue weighted by atomic mass is 127. The monoisotopic (exact) mass is 300 g/mol. The van der Waals surface area contributed by atoms with Crippen LogP contribution < -0.4 is 5.30 Å². The van der Waals surface area contributed by atoms with Crippen molar-refractivity contribution in [3.63, 3.8) is 0 Å². The van der Waals surface area contributed by atoms with Crippen LogP contribution in [0, 0.1) is 3.57 Å². The van der Waals surface area contributed by atoms with Crippen molar-refractivity contribution in [1.29, 1.82) is 0 Å². The minimum atomic E-state index is -4.34. The van der Waals surface area contributed by atoms with Gasteiger partial charge in [0.15, 0.2) is 0 Å². The smallest absolute Gasteiger partial charge is 0.359 e. The first kappa shape index (κ1) is 9.98. The lowest BCUT2D eigenvalue weighted by Crippen LogP contribution is -2.04. The van der Waals surface area contributed by atoms with Gasteiger partial charge in [-0.25, -0.2) is 0 Å². The molecule has 66 valence electrons. The van der Waals surface area contributed by atoms with E-state index in [9.17, 15) is 4.57 Å². The molecule has 1 rings (SSSR count). The van der Waals surface area contributed by atoms with Crippen LogP contribution in [-0.4, -0.2) is 14.9 Å². The van der Waals surface area contributed by atoms with E-state index in [1.165, 1.54) is 12.1 Å². The van der Waals surface area contributed by atoms with Gasteiger partial charge in [0.2, 0.25) is 0 Å². The quantitative estimate of drug-likeness (QED) is 0.529. The first-order valence-corrected chi connectivity index (χ1v) is 5.65. The van der Waals surface area contributed by atoms with Crippen LogP contribution in [0.4, 0.5) is 0 Å². The molecule has 1 aromatic rings. The molecule has 0 saturated heterocycles. The van der Waals surface area contributed by atoms with Crippen LogP contribution in [0.15, 0.2) is 18.2 Å². The molecule has 1 aromatic carbocycles. The molecule has 0 aliphatic carbocycles. The van der Waals surface area contributed by atoms with Gasteiger partial charge < -0.3 is 14.9 Å². The summed E-state index contributed by atoms with van der Waals surface area (Å²) in [6.45, 7) is 0. The number of aromatic hydroxyl groups is 1. The summed E-state index contributed by atoms with van der Waals surface area (Å²) in [6.07, 6.45) is 0. The van der Waals surface area contributed by atoms with Crippen molar-refractivity contribution < 1.29 is 19.5 Å². The van der Waals surface area contributed by atoms with Crippen LogP contribution in [-0.2, 0) is 4.57 Å². The number of hydrogen-bond acceptors (Lipinski definition) is 2. The summed E-state index contributed by atoms with van der Waals surface area (Å²) in [5.74, 6) is -0.372. The Morgan fingerprint density at radius 1 is 1.33 bits per heavy atom. The second kappa shape index (κ2) is 3.33. The van der Waals surface area contributed by atoms with E-state index in [4.69, 9.17) is 14.9 Å². The number of rotatable bonds is 1. The first-order chi connectivity index (χ1) is 5.41. The summed E-state index contributed by atoms with van der Waals surface area (Å²) in [7, 11) is -4.34. The Morgan fingerprint density at radius 2 is 1.92 bits per heavy atom. The van der Waals surface area contributed by atoms with E-state index in [1.54, 1.807) is 6.07 Å². The van der Waals surface area contributed by atoms with Crippen LogP contribution in [0.2, 0.25) is 0 Å². The molecule has 4 nitrogen and oxygen atoms in total. The second-order valence-electron chi connectivity index (χ2n) is 2.18. The highest BCUT2D eigenvalue weighted by Gasteiger charge is 2.21. The van der Waals surface area contributed by atoms with Crippen molar-refractivity contribution in [2.45, 2.75) is 0 Å². The standard InChI is InChI=1S/C6H6IO4P/c7-4-1-2-5(8)6(3-4)12(9,10)11/h1-3,8H,(H2,9,10,11). The fourth-order valence-electron chi connectivity index (χ4n) is 0.730. The summed E-state index contributed by atoms with van der Waals surface area (Å²) in [5, 5.41) is 8.75. The van der Waals surface area contributed by atoms with Crippen molar-refractivity contribution >= 4 is 35.5 Å². The second-order valence-corrected chi connectivity index (χ2v) is 4.99. The topological polar surface area (TPSA) is 77.8 Å². The van der Waals surface area contributed by atoms with Crippen LogP contribution >= 0.6 is 30.2 Å². The lowest BCUT2D eigenvalue weighted by molar-refractivity contribution is 0.384. The molecule has 0 amide bonds. The van der Waals surface area contributed by atoms with E-state index in [-0.39, 0.29) is 11.1 Å². The van der Waals surface area contributed by atoms with Gasteiger partial charge in [-0.05, 0) is 40.8 Å². The Bertz CT molecular complexity index is 345. The van der Waals surface area contributed by atoms with E-state index in [1.807, 2.05) is 22.6 Å². The minimum absolute atomic E-state index is 0.325. The van der Waals surface area contributed by atoms with Gasteiger partial charge in [-0.3, -0.25) is 4.57 Å². The molecule has 0 radical (unpaired) electrons. The van der Waals surface area contributed by atoms with Gasteiger partial charge in [0.25, 0.3) is 0 Å². The predicted molar refractivity (Wildman–Crippen MR) is 52.5 cm³/mol. The Kier molecular flexibility index (Phi) is 2.77. The highest BCUT2D eigenvalue weighted by Crippen LogP contribution is 2.37. The molecule has 0 bridgehead atoms. The van der Waals surface area contributed by atoms with Crippen LogP contribution in [0.5, 0.6) is 5.75 Å². The predicted octanol–water partition coefficient (Wildman–Crippen LogP) is 0.800. The summed E-state index contributed by atoms with van der Waals surface area (Å²) in [4.78, 5) is 17.5. The first-order valence-electron chi connectivity index (χ1n) is 2.96. The maximum absolute atomic E-state index is 10.7. The lowest BCUT2D eigenvalue weighted by Gasteiger charge is -2.05.